The lowest BCUT2D eigenvalue weighted by Gasteiger charge is -2.43. The maximum Gasteiger partial charge on any atom is 0.350 e. The zero-order valence-corrected chi connectivity index (χ0v) is 21.9. The van der Waals surface area contributed by atoms with Gasteiger partial charge in [-0.2, -0.15) is 4.98 Å². The van der Waals surface area contributed by atoms with E-state index in [1.165, 1.54) is 14.9 Å². The van der Waals surface area contributed by atoms with Crippen LogP contribution in [-0.2, 0) is 4.43 Å². The number of nitrogens with two attached hydrogens (primary N) is 1. The van der Waals surface area contributed by atoms with Gasteiger partial charge < -0.3 is 10.2 Å². The summed E-state index contributed by atoms with van der Waals surface area (Å²) in [5.74, 6) is 0.168. The van der Waals surface area contributed by atoms with Gasteiger partial charge in [0.15, 0.2) is 0 Å². The quantitative estimate of drug-likeness (QED) is 0.224. The molecule has 8 nitrogen and oxygen atoms in total. The molecular weight excluding hydrogens is 476 g/mol. The maximum absolute atomic E-state index is 12.5. The molecule has 2 heterocycles. The van der Waals surface area contributed by atoms with Gasteiger partial charge in [-0.15, -0.1) is 11.8 Å². The van der Waals surface area contributed by atoms with Gasteiger partial charge in [-0.1, -0.05) is 86.5 Å². The van der Waals surface area contributed by atoms with Crippen molar-refractivity contribution in [3.63, 3.8) is 0 Å². The Labute approximate surface area is 210 Å². The highest BCUT2D eigenvalue weighted by Gasteiger charge is 2.51. The molecule has 0 bridgehead atoms. The molecule has 3 aromatic rings. The standard InChI is InChI=1S/C25H30N6O2SSi/c1-25(2,3)35(19-10-6-4-7-11-19,20-12-8-5-9-13-20)33-17-18-16-21(29-30-27)23(34-18)31-15-14-22(26)28-24(31)32/h4-15,18,21,23H,16-17H2,1-3H3,(H2,26,28,32)/t18-,21+,23+/m1/s1. The zero-order valence-electron chi connectivity index (χ0n) is 20.1. The summed E-state index contributed by atoms with van der Waals surface area (Å²) in [7, 11) is -2.69. The lowest BCUT2D eigenvalue weighted by molar-refractivity contribution is 0.292. The van der Waals surface area contributed by atoms with E-state index in [4.69, 9.17) is 15.7 Å². The second kappa shape index (κ2) is 10.3. The Kier molecular flexibility index (Phi) is 7.37. The third-order valence-electron chi connectivity index (χ3n) is 6.39. The van der Waals surface area contributed by atoms with Crippen molar-refractivity contribution in [3.05, 3.63) is 93.9 Å². The molecule has 4 rings (SSSR count). The normalized spacial score (nSPS) is 20.4. The van der Waals surface area contributed by atoms with Crippen LogP contribution in [0, 0.1) is 0 Å². The monoisotopic (exact) mass is 506 g/mol. The summed E-state index contributed by atoms with van der Waals surface area (Å²) in [6, 6.07) is 22.2. The predicted molar refractivity (Wildman–Crippen MR) is 144 cm³/mol. The van der Waals surface area contributed by atoms with Crippen LogP contribution in [0.15, 0.2) is 82.8 Å². The summed E-state index contributed by atoms with van der Waals surface area (Å²) < 4.78 is 8.57. The van der Waals surface area contributed by atoms with E-state index in [1.807, 2.05) is 12.1 Å². The molecule has 1 saturated heterocycles. The van der Waals surface area contributed by atoms with Gasteiger partial charge in [-0.05, 0) is 33.4 Å². The highest BCUT2D eigenvalue weighted by molar-refractivity contribution is 8.00. The lowest BCUT2D eigenvalue weighted by atomic mass is 10.2. The van der Waals surface area contributed by atoms with Gasteiger partial charge in [-0.3, -0.25) is 4.57 Å². The van der Waals surface area contributed by atoms with Crippen LogP contribution < -0.4 is 21.8 Å². The Morgan fingerprint density at radius 2 is 1.74 bits per heavy atom. The number of anilines is 1. The zero-order chi connectivity index (χ0) is 25.1. The first kappa shape index (κ1) is 25.1. The van der Waals surface area contributed by atoms with Crippen molar-refractivity contribution in [2.24, 2.45) is 5.11 Å². The molecule has 1 aliphatic heterocycles. The highest BCUT2D eigenvalue weighted by atomic mass is 32.2. The van der Waals surface area contributed by atoms with Gasteiger partial charge in [0.25, 0.3) is 8.32 Å². The van der Waals surface area contributed by atoms with Gasteiger partial charge in [0, 0.05) is 23.0 Å². The Bertz CT molecular complexity index is 1220. The van der Waals surface area contributed by atoms with Crippen molar-refractivity contribution in [1.29, 1.82) is 0 Å². The first-order valence-corrected chi connectivity index (χ1v) is 14.4. The molecule has 0 amide bonds. The van der Waals surface area contributed by atoms with Gasteiger partial charge in [-0.25, -0.2) is 4.79 Å². The fraction of sp³-hybridized carbons (Fsp3) is 0.360. The van der Waals surface area contributed by atoms with Gasteiger partial charge in [0.1, 0.15) is 5.82 Å². The average molecular weight is 507 g/mol. The van der Waals surface area contributed by atoms with E-state index in [-0.39, 0.29) is 27.5 Å². The summed E-state index contributed by atoms with van der Waals surface area (Å²) in [5, 5.41) is 5.97. The van der Waals surface area contributed by atoms with Crippen LogP contribution in [0.3, 0.4) is 0 Å². The van der Waals surface area contributed by atoms with Crippen LogP contribution in [0.25, 0.3) is 10.4 Å². The number of nitrogen functional groups attached to an aromatic ring is 1. The molecule has 1 aliphatic rings. The van der Waals surface area contributed by atoms with Crippen LogP contribution in [-0.4, -0.2) is 35.8 Å². The summed E-state index contributed by atoms with van der Waals surface area (Å²) in [4.78, 5) is 19.4. The van der Waals surface area contributed by atoms with E-state index in [2.05, 4.69) is 84.3 Å². The fourth-order valence-corrected chi connectivity index (χ4v) is 11.1. The molecule has 0 aliphatic carbocycles. The molecule has 0 radical (unpaired) electrons. The second-order valence-electron chi connectivity index (χ2n) is 9.67. The van der Waals surface area contributed by atoms with Crippen LogP contribution in [0.5, 0.6) is 0 Å². The van der Waals surface area contributed by atoms with E-state index >= 15 is 0 Å². The van der Waals surface area contributed by atoms with Crippen LogP contribution in [0.4, 0.5) is 5.82 Å². The molecule has 3 atom stereocenters. The van der Waals surface area contributed by atoms with Gasteiger partial charge in [0.2, 0.25) is 0 Å². The van der Waals surface area contributed by atoms with Crippen LogP contribution >= 0.6 is 11.8 Å². The number of thioether (sulfide) groups is 1. The van der Waals surface area contributed by atoms with Crippen molar-refractivity contribution in [1.82, 2.24) is 9.55 Å². The molecule has 1 aromatic heterocycles. The Hall–Kier alpha value is -3.04. The Balaban J connectivity index is 1.68. The number of aromatic nitrogens is 2. The Morgan fingerprint density at radius 1 is 1.14 bits per heavy atom. The Morgan fingerprint density at radius 3 is 2.26 bits per heavy atom. The van der Waals surface area contributed by atoms with E-state index in [0.717, 1.165) is 0 Å². The first-order chi connectivity index (χ1) is 16.8. The smallest absolute Gasteiger partial charge is 0.350 e. The first-order valence-electron chi connectivity index (χ1n) is 11.6. The van der Waals surface area contributed by atoms with Crippen LogP contribution in [0.2, 0.25) is 5.04 Å². The van der Waals surface area contributed by atoms with Crippen LogP contribution in [0.1, 0.15) is 32.6 Å². The van der Waals surface area contributed by atoms with E-state index in [9.17, 15) is 4.79 Å². The average Bonchev–Trinajstić information content (AvgIpc) is 3.22. The van der Waals surface area contributed by atoms with E-state index in [1.54, 1.807) is 24.0 Å². The molecule has 0 spiro atoms. The number of hydrogen-bond donors (Lipinski definition) is 1. The number of rotatable bonds is 7. The molecule has 0 saturated carbocycles. The summed E-state index contributed by atoms with van der Waals surface area (Å²) in [6.07, 6.45) is 2.22. The largest absolute Gasteiger partial charge is 0.406 e. The molecule has 182 valence electrons. The minimum absolute atomic E-state index is 0.0432. The number of azide groups is 1. The van der Waals surface area contributed by atoms with Gasteiger partial charge in [0.05, 0.1) is 11.4 Å². The number of nitrogens with zero attached hydrogens (tertiary/aromatic N) is 5. The number of benzene rings is 2. The van der Waals surface area contributed by atoms with E-state index in [0.29, 0.717) is 13.0 Å². The summed E-state index contributed by atoms with van der Waals surface area (Å²) in [6.45, 7) is 7.20. The molecule has 1 fully saturated rings. The molecule has 10 heteroatoms. The summed E-state index contributed by atoms with van der Waals surface area (Å²) in [5.41, 5.74) is 14.4. The molecule has 35 heavy (non-hydrogen) atoms. The molecular formula is C25H30N6O2SSi. The topological polar surface area (TPSA) is 119 Å². The summed E-state index contributed by atoms with van der Waals surface area (Å²) >= 11 is 1.59. The third kappa shape index (κ3) is 5.01. The van der Waals surface area contributed by atoms with Crippen molar-refractivity contribution in [2.45, 2.75) is 48.9 Å². The molecule has 2 N–H and O–H groups in total. The SMILES string of the molecule is CC(C)(C)[Si](OC[C@H]1C[C@H](N=[N+]=[N-])[C@@H](n2ccc(N)nc2=O)S1)(c1ccccc1)c1ccccc1. The van der Waals surface area contributed by atoms with Crippen molar-refractivity contribution < 1.29 is 4.43 Å². The second-order valence-corrected chi connectivity index (χ2v) is 15.4. The fourth-order valence-electron chi connectivity index (χ4n) is 4.86. The lowest BCUT2D eigenvalue weighted by Crippen LogP contribution is -2.67. The maximum atomic E-state index is 12.5. The highest BCUT2D eigenvalue weighted by Crippen LogP contribution is 2.44. The predicted octanol–water partition coefficient (Wildman–Crippen LogP) is 4.09. The van der Waals surface area contributed by atoms with Crippen molar-refractivity contribution in [2.75, 3.05) is 12.3 Å². The third-order valence-corrected chi connectivity index (χ3v) is 12.9. The molecule has 2 aromatic carbocycles. The molecule has 0 unspecified atom stereocenters. The number of hydrogen-bond acceptors (Lipinski definition) is 6. The minimum atomic E-state index is -2.69. The minimum Gasteiger partial charge on any atom is -0.406 e. The van der Waals surface area contributed by atoms with Crippen molar-refractivity contribution in [3.8, 4) is 0 Å². The van der Waals surface area contributed by atoms with Gasteiger partial charge >= 0.3 is 5.69 Å². The van der Waals surface area contributed by atoms with E-state index < -0.39 is 14.0 Å². The van der Waals surface area contributed by atoms with Crippen molar-refractivity contribution >= 4 is 36.3 Å².